The van der Waals surface area contributed by atoms with Crippen LogP contribution < -0.4 is 10.5 Å². The van der Waals surface area contributed by atoms with Crippen LogP contribution in [-0.4, -0.2) is 19.6 Å². The van der Waals surface area contributed by atoms with E-state index in [2.05, 4.69) is 14.4 Å². The maximum atomic E-state index is 12.4. The Morgan fingerprint density at radius 1 is 1.23 bits per heavy atom. The molecule has 0 aliphatic carbocycles. The highest BCUT2D eigenvalue weighted by molar-refractivity contribution is 7.88. The second-order valence-electron chi connectivity index (χ2n) is 5.58. The average Bonchev–Trinajstić information content (AvgIpc) is 2.97. The first-order valence-electron chi connectivity index (χ1n) is 7.09. The molecule has 6 nitrogen and oxygen atoms in total. The first-order valence-corrected chi connectivity index (χ1v) is 8.74. The van der Waals surface area contributed by atoms with Gasteiger partial charge >= 0.3 is 0 Å². The lowest BCUT2D eigenvalue weighted by Gasteiger charge is -2.28. The van der Waals surface area contributed by atoms with Crippen LogP contribution in [0, 0.1) is 5.92 Å². The zero-order chi connectivity index (χ0) is 16.2. The smallest absolute Gasteiger partial charge is 0.218 e. The molecule has 2 unspecified atom stereocenters. The predicted octanol–water partition coefficient (Wildman–Crippen LogP) is 1.82. The summed E-state index contributed by atoms with van der Waals surface area (Å²) in [5.41, 5.74) is 7.41. The molecule has 2 rings (SSSR count). The molecular formula is C15H21N3O3S. The lowest BCUT2D eigenvalue weighted by molar-refractivity contribution is 0.397. The van der Waals surface area contributed by atoms with Gasteiger partial charge in [-0.1, -0.05) is 49.3 Å². The number of rotatable bonds is 7. The highest BCUT2D eigenvalue weighted by Crippen LogP contribution is 2.22. The number of sulfonamides is 1. The fourth-order valence-corrected chi connectivity index (χ4v) is 3.46. The van der Waals surface area contributed by atoms with Crippen LogP contribution in [0.5, 0.6) is 0 Å². The Morgan fingerprint density at radius 3 is 2.45 bits per heavy atom. The summed E-state index contributed by atoms with van der Waals surface area (Å²) in [5, 5.41) is 3.64. The molecule has 0 spiro atoms. The maximum Gasteiger partial charge on any atom is 0.218 e. The van der Waals surface area contributed by atoms with Gasteiger partial charge in [-0.15, -0.1) is 0 Å². The van der Waals surface area contributed by atoms with Crippen molar-refractivity contribution < 1.29 is 12.9 Å². The van der Waals surface area contributed by atoms with Crippen LogP contribution in [0.4, 0.5) is 0 Å². The van der Waals surface area contributed by atoms with Gasteiger partial charge in [-0.25, -0.2) is 13.1 Å². The minimum absolute atomic E-state index is 0.125. The van der Waals surface area contributed by atoms with E-state index in [-0.39, 0.29) is 17.7 Å². The van der Waals surface area contributed by atoms with E-state index in [0.717, 1.165) is 5.56 Å². The number of nitrogens with two attached hydrogens (primary N) is 1. The minimum Gasteiger partial charge on any atom is -0.364 e. The molecule has 0 aliphatic rings. The van der Waals surface area contributed by atoms with Crippen LogP contribution in [0.1, 0.15) is 31.1 Å². The first kappa shape index (κ1) is 16.7. The Bertz CT molecular complexity index is 669. The summed E-state index contributed by atoms with van der Waals surface area (Å²) in [7, 11) is -3.58. The van der Waals surface area contributed by atoms with E-state index in [9.17, 15) is 8.42 Å². The summed E-state index contributed by atoms with van der Waals surface area (Å²) in [4.78, 5) is 0. The van der Waals surface area contributed by atoms with Gasteiger partial charge in [0.2, 0.25) is 10.0 Å². The Balaban J connectivity index is 2.22. The van der Waals surface area contributed by atoms with Crippen molar-refractivity contribution in [2.45, 2.75) is 31.7 Å². The molecule has 120 valence electrons. The van der Waals surface area contributed by atoms with Gasteiger partial charge in [0.1, 0.15) is 12.0 Å². The number of nitrogens with one attached hydrogen (secondary N) is 1. The largest absolute Gasteiger partial charge is 0.364 e. The quantitative estimate of drug-likeness (QED) is 0.810. The Hall–Kier alpha value is -1.70. The van der Waals surface area contributed by atoms with Gasteiger partial charge in [0, 0.05) is 12.1 Å². The van der Waals surface area contributed by atoms with Crippen molar-refractivity contribution in [3.8, 4) is 0 Å². The third-order valence-corrected chi connectivity index (χ3v) is 4.74. The number of hydrogen-bond donors (Lipinski definition) is 2. The minimum atomic E-state index is -3.58. The molecule has 1 heterocycles. The third kappa shape index (κ3) is 4.40. The molecule has 0 saturated carbocycles. The van der Waals surface area contributed by atoms with Crippen molar-refractivity contribution in [2.75, 3.05) is 0 Å². The lowest BCUT2D eigenvalue weighted by atomic mass is 9.93. The molecule has 3 N–H and O–H groups in total. The van der Waals surface area contributed by atoms with Crippen molar-refractivity contribution >= 4 is 10.0 Å². The van der Waals surface area contributed by atoms with Crippen molar-refractivity contribution in [1.82, 2.24) is 9.88 Å². The number of hydrogen-bond acceptors (Lipinski definition) is 5. The zero-order valence-corrected chi connectivity index (χ0v) is 13.5. The second kappa shape index (κ2) is 7.04. The molecule has 0 amide bonds. The molecular weight excluding hydrogens is 302 g/mol. The van der Waals surface area contributed by atoms with E-state index < -0.39 is 16.1 Å². The van der Waals surface area contributed by atoms with Gasteiger partial charge < -0.3 is 10.3 Å². The monoisotopic (exact) mass is 323 g/mol. The molecule has 0 fully saturated rings. The SMILES string of the molecule is CC(C)C(N)C(NS(=O)(=O)Cc1ccon1)c1ccccc1. The van der Waals surface area contributed by atoms with E-state index in [1.165, 1.54) is 12.3 Å². The summed E-state index contributed by atoms with van der Waals surface area (Å²) in [6.45, 7) is 3.93. The molecule has 0 radical (unpaired) electrons. The number of nitrogens with zero attached hydrogens (tertiary/aromatic N) is 1. The van der Waals surface area contributed by atoms with Crippen LogP contribution in [0.15, 0.2) is 47.2 Å². The van der Waals surface area contributed by atoms with E-state index in [1.807, 2.05) is 44.2 Å². The topological polar surface area (TPSA) is 98.2 Å². The summed E-state index contributed by atoms with van der Waals surface area (Å²) >= 11 is 0. The van der Waals surface area contributed by atoms with Crippen LogP contribution in [-0.2, 0) is 15.8 Å². The van der Waals surface area contributed by atoms with Gasteiger partial charge in [-0.2, -0.15) is 0 Å². The van der Waals surface area contributed by atoms with Crippen LogP contribution >= 0.6 is 0 Å². The fraction of sp³-hybridized carbons (Fsp3) is 0.400. The molecule has 0 bridgehead atoms. The van der Waals surface area contributed by atoms with Crippen molar-refractivity contribution in [1.29, 1.82) is 0 Å². The molecule has 0 aliphatic heterocycles. The predicted molar refractivity (Wildman–Crippen MR) is 84.3 cm³/mol. The second-order valence-corrected chi connectivity index (χ2v) is 7.33. The highest BCUT2D eigenvalue weighted by Gasteiger charge is 2.27. The van der Waals surface area contributed by atoms with Crippen molar-refractivity contribution in [2.24, 2.45) is 11.7 Å². The van der Waals surface area contributed by atoms with Crippen molar-refractivity contribution in [3.05, 3.63) is 53.9 Å². The van der Waals surface area contributed by atoms with E-state index in [1.54, 1.807) is 0 Å². The Labute approximate surface area is 130 Å². The summed E-state index contributed by atoms with van der Waals surface area (Å²) in [6.07, 6.45) is 1.35. The lowest BCUT2D eigenvalue weighted by Crippen LogP contribution is -2.44. The standard InChI is InChI=1S/C15H21N3O3S/c1-11(2)14(16)15(12-6-4-3-5-7-12)18-22(19,20)10-13-8-9-21-17-13/h3-9,11,14-15,18H,10,16H2,1-2H3. The van der Waals surface area contributed by atoms with E-state index >= 15 is 0 Å². The fourth-order valence-electron chi connectivity index (χ4n) is 2.16. The van der Waals surface area contributed by atoms with Gasteiger partial charge in [0.25, 0.3) is 0 Å². The molecule has 2 atom stereocenters. The normalized spacial score (nSPS) is 14.9. The van der Waals surface area contributed by atoms with Gasteiger partial charge in [-0.3, -0.25) is 0 Å². The molecule has 0 saturated heterocycles. The molecule has 1 aromatic carbocycles. The summed E-state index contributed by atoms with van der Waals surface area (Å²) < 4.78 is 32.1. The Morgan fingerprint density at radius 2 is 1.91 bits per heavy atom. The van der Waals surface area contributed by atoms with Crippen LogP contribution in [0.3, 0.4) is 0 Å². The molecule has 2 aromatic rings. The summed E-state index contributed by atoms with van der Waals surface area (Å²) in [6, 6.07) is 10.0. The van der Waals surface area contributed by atoms with Crippen molar-refractivity contribution in [3.63, 3.8) is 0 Å². The number of benzene rings is 1. The molecule has 7 heteroatoms. The van der Waals surface area contributed by atoms with Crippen LogP contribution in [0.25, 0.3) is 0 Å². The third-order valence-electron chi connectivity index (χ3n) is 3.45. The average molecular weight is 323 g/mol. The maximum absolute atomic E-state index is 12.4. The number of aromatic nitrogens is 1. The van der Waals surface area contributed by atoms with Gasteiger partial charge in [0.15, 0.2) is 0 Å². The van der Waals surface area contributed by atoms with E-state index in [4.69, 9.17) is 5.73 Å². The zero-order valence-electron chi connectivity index (χ0n) is 12.6. The molecule has 1 aromatic heterocycles. The summed E-state index contributed by atoms with van der Waals surface area (Å²) in [5.74, 6) is -0.113. The molecule has 22 heavy (non-hydrogen) atoms. The first-order chi connectivity index (χ1) is 10.4. The van der Waals surface area contributed by atoms with E-state index in [0.29, 0.717) is 5.69 Å². The van der Waals surface area contributed by atoms with Gasteiger partial charge in [-0.05, 0) is 11.5 Å². The van der Waals surface area contributed by atoms with Gasteiger partial charge in [0.05, 0.1) is 11.7 Å². The Kier molecular flexibility index (Phi) is 5.33. The van der Waals surface area contributed by atoms with Crippen LogP contribution in [0.2, 0.25) is 0 Å². The highest BCUT2D eigenvalue weighted by atomic mass is 32.2.